The number of amides is 1. The number of carboxylic acid groups (broad SMARTS) is 1. The number of alkyl carbamates (subject to hydrolysis) is 1. The smallest absolute Gasteiger partial charge is 0.408 e. The lowest BCUT2D eigenvalue weighted by Gasteiger charge is -2.24. The summed E-state index contributed by atoms with van der Waals surface area (Å²) < 4.78 is 10.3. The molecule has 0 aromatic carbocycles. The topological polar surface area (TPSA) is 102 Å². The van der Waals surface area contributed by atoms with E-state index >= 15 is 0 Å². The summed E-state index contributed by atoms with van der Waals surface area (Å²) in [4.78, 5) is 34.6. The van der Waals surface area contributed by atoms with Gasteiger partial charge >= 0.3 is 18.0 Å². The second-order valence-electron chi connectivity index (χ2n) is 5.95. The Morgan fingerprint density at radius 1 is 1.26 bits per heavy atom. The number of carbonyl (C=O) groups is 3. The zero-order valence-electron chi connectivity index (χ0n) is 13.5. The SMILES string of the molecule is CC(C)(C)OC(=O)NC(CC(=O)O)C(=O)OCC1SCCCS1. The monoisotopic (exact) mass is 365 g/mol. The number of aliphatic carboxylic acids is 1. The molecule has 1 fully saturated rings. The first-order valence-electron chi connectivity index (χ1n) is 7.28. The Bertz CT molecular complexity index is 431. The third-order valence-electron chi connectivity index (χ3n) is 2.61. The van der Waals surface area contributed by atoms with Gasteiger partial charge in [0, 0.05) is 0 Å². The number of ether oxygens (including phenoxy) is 2. The van der Waals surface area contributed by atoms with Gasteiger partial charge in [0.05, 0.1) is 11.0 Å². The molecular formula is C14H23NO6S2. The highest BCUT2D eigenvalue weighted by Crippen LogP contribution is 2.30. The van der Waals surface area contributed by atoms with Crippen LogP contribution in [0.2, 0.25) is 0 Å². The molecule has 1 saturated heterocycles. The van der Waals surface area contributed by atoms with E-state index in [0.29, 0.717) is 0 Å². The second kappa shape index (κ2) is 9.27. The van der Waals surface area contributed by atoms with Crippen molar-refractivity contribution in [1.29, 1.82) is 0 Å². The summed E-state index contributed by atoms with van der Waals surface area (Å²) in [7, 11) is 0. The van der Waals surface area contributed by atoms with Gasteiger partial charge in [-0.05, 0) is 38.7 Å². The number of thioether (sulfide) groups is 2. The van der Waals surface area contributed by atoms with Gasteiger partial charge in [0.25, 0.3) is 0 Å². The lowest BCUT2D eigenvalue weighted by molar-refractivity contribution is -0.150. The highest BCUT2D eigenvalue weighted by molar-refractivity contribution is 8.17. The lowest BCUT2D eigenvalue weighted by Crippen LogP contribution is -2.45. The molecule has 0 aliphatic carbocycles. The molecule has 1 aliphatic rings. The fourth-order valence-corrected chi connectivity index (χ4v) is 4.32. The first kappa shape index (κ1) is 20.0. The third kappa shape index (κ3) is 8.95. The fourth-order valence-electron chi connectivity index (χ4n) is 1.70. The van der Waals surface area contributed by atoms with Crippen LogP contribution in [0.1, 0.15) is 33.6 Å². The second-order valence-corrected chi connectivity index (χ2v) is 8.87. The summed E-state index contributed by atoms with van der Waals surface area (Å²) in [6, 6.07) is -1.26. The van der Waals surface area contributed by atoms with E-state index in [-0.39, 0.29) is 11.2 Å². The molecule has 1 atom stereocenters. The number of esters is 1. The van der Waals surface area contributed by atoms with Gasteiger partial charge < -0.3 is 19.9 Å². The van der Waals surface area contributed by atoms with E-state index in [0.717, 1.165) is 17.9 Å². The minimum absolute atomic E-state index is 0.153. The Kier molecular flexibility index (Phi) is 8.04. The predicted octanol–water partition coefficient (Wildman–Crippen LogP) is 2.09. The molecule has 0 spiro atoms. The van der Waals surface area contributed by atoms with E-state index < -0.39 is 36.1 Å². The summed E-state index contributed by atoms with van der Waals surface area (Å²) >= 11 is 3.42. The van der Waals surface area contributed by atoms with E-state index in [2.05, 4.69) is 5.32 Å². The van der Waals surface area contributed by atoms with Gasteiger partial charge in [-0.15, -0.1) is 23.5 Å². The molecule has 132 valence electrons. The Balaban J connectivity index is 2.52. The quantitative estimate of drug-likeness (QED) is 0.690. The van der Waals surface area contributed by atoms with Crippen molar-refractivity contribution in [3.05, 3.63) is 0 Å². The molecule has 1 amide bonds. The van der Waals surface area contributed by atoms with Crippen LogP contribution in [-0.4, -0.2) is 57.5 Å². The third-order valence-corrected chi connectivity index (χ3v) is 5.49. The first-order chi connectivity index (χ1) is 10.7. The first-order valence-corrected chi connectivity index (χ1v) is 9.38. The molecule has 7 nitrogen and oxygen atoms in total. The molecule has 2 N–H and O–H groups in total. The zero-order chi connectivity index (χ0) is 17.5. The number of carboxylic acids is 1. The number of rotatable bonds is 6. The van der Waals surface area contributed by atoms with Crippen molar-refractivity contribution >= 4 is 41.6 Å². The Hall–Kier alpha value is -1.09. The van der Waals surface area contributed by atoms with Crippen molar-refractivity contribution in [3.63, 3.8) is 0 Å². The van der Waals surface area contributed by atoms with Crippen LogP contribution in [0.3, 0.4) is 0 Å². The van der Waals surface area contributed by atoms with E-state index in [9.17, 15) is 14.4 Å². The predicted molar refractivity (Wildman–Crippen MR) is 89.7 cm³/mol. The van der Waals surface area contributed by atoms with E-state index in [1.165, 1.54) is 0 Å². The maximum Gasteiger partial charge on any atom is 0.408 e. The Morgan fingerprint density at radius 3 is 2.39 bits per heavy atom. The standard InChI is InChI=1S/C14H23NO6S2/c1-14(2,3)21-13(19)15-9(7-10(16)17)12(18)20-8-11-22-5-4-6-23-11/h9,11H,4-8H2,1-3H3,(H,15,19)(H,16,17). The molecule has 1 rings (SSSR count). The zero-order valence-corrected chi connectivity index (χ0v) is 15.1. The van der Waals surface area contributed by atoms with Crippen molar-refractivity contribution in [1.82, 2.24) is 5.32 Å². The number of nitrogens with one attached hydrogen (secondary N) is 1. The van der Waals surface area contributed by atoms with Crippen LogP contribution in [0, 0.1) is 0 Å². The maximum absolute atomic E-state index is 12.0. The molecule has 0 bridgehead atoms. The minimum Gasteiger partial charge on any atom is -0.481 e. The number of carbonyl (C=O) groups excluding carboxylic acids is 2. The number of hydrogen-bond acceptors (Lipinski definition) is 7. The van der Waals surface area contributed by atoms with E-state index in [1.807, 2.05) is 0 Å². The largest absolute Gasteiger partial charge is 0.481 e. The van der Waals surface area contributed by atoms with Gasteiger partial charge in [0.2, 0.25) is 0 Å². The van der Waals surface area contributed by atoms with Gasteiger partial charge in [0.15, 0.2) is 0 Å². The molecule has 1 unspecified atom stereocenters. The van der Waals surface area contributed by atoms with Crippen LogP contribution in [-0.2, 0) is 19.1 Å². The minimum atomic E-state index is -1.26. The van der Waals surface area contributed by atoms with Crippen molar-refractivity contribution < 1.29 is 29.0 Å². The highest BCUT2D eigenvalue weighted by Gasteiger charge is 2.28. The lowest BCUT2D eigenvalue weighted by atomic mass is 10.2. The molecule has 0 saturated carbocycles. The maximum atomic E-state index is 12.0. The average Bonchev–Trinajstić information content (AvgIpc) is 2.42. The molecule has 23 heavy (non-hydrogen) atoms. The summed E-state index contributed by atoms with van der Waals surface area (Å²) in [5, 5.41) is 11.1. The summed E-state index contributed by atoms with van der Waals surface area (Å²) in [6.07, 6.45) is -0.271. The van der Waals surface area contributed by atoms with Crippen molar-refractivity contribution in [3.8, 4) is 0 Å². The van der Waals surface area contributed by atoms with Crippen LogP contribution in [0.25, 0.3) is 0 Å². The Morgan fingerprint density at radius 2 is 1.87 bits per heavy atom. The highest BCUT2D eigenvalue weighted by atomic mass is 32.2. The van der Waals surface area contributed by atoms with Crippen LogP contribution in [0.5, 0.6) is 0 Å². The average molecular weight is 365 g/mol. The van der Waals surface area contributed by atoms with Crippen molar-refractivity contribution in [2.24, 2.45) is 0 Å². The molecule has 0 aromatic rings. The molecule has 0 radical (unpaired) electrons. The van der Waals surface area contributed by atoms with Crippen molar-refractivity contribution in [2.45, 2.75) is 49.8 Å². The van der Waals surface area contributed by atoms with Crippen LogP contribution >= 0.6 is 23.5 Å². The van der Waals surface area contributed by atoms with E-state index in [1.54, 1.807) is 44.3 Å². The summed E-state index contributed by atoms with van der Waals surface area (Å²) in [5.74, 6) is 0.0721. The molecule has 0 aromatic heterocycles. The molecule has 1 heterocycles. The van der Waals surface area contributed by atoms with Gasteiger partial charge in [-0.2, -0.15) is 0 Å². The normalized spacial score (nSPS) is 17.2. The summed E-state index contributed by atoms with van der Waals surface area (Å²) in [5.41, 5.74) is -0.739. The van der Waals surface area contributed by atoms with Gasteiger partial charge in [0.1, 0.15) is 18.2 Å². The molecule has 9 heteroatoms. The molecular weight excluding hydrogens is 342 g/mol. The van der Waals surface area contributed by atoms with Gasteiger partial charge in [-0.25, -0.2) is 9.59 Å². The van der Waals surface area contributed by atoms with Crippen LogP contribution < -0.4 is 5.32 Å². The molecule has 1 aliphatic heterocycles. The Labute approximate surface area is 144 Å². The van der Waals surface area contributed by atoms with Crippen LogP contribution in [0.15, 0.2) is 0 Å². The van der Waals surface area contributed by atoms with Crippen LogP contribution in [0.4, 0.5) is 4.79 Å². The number of hydrogen-bond donors (Lipinski definition) is 2. The summed E-state index contributed by atoms with van der Waals surface area (Å²) in [6.45, 7) is 5.22. The van der Waals surface area contributed by atoms with Gasteiger partial charge in [-0.1, -0.05) is 0 Å². The van der Waals surface area contributed by atoms with Gasteiger partial charge in [-0.3, -0.25) is 4.79 Å². The van der Waals surface area contributed by atoms with Crippen molar-refractivity contribution in [2.75, 3.05) is 18.1 Å². The van der Waals surface area contributed by atoms with E-state index in [4.69, 9.17) is 14.6 Å². The fraction of sp³-hybridized carbons (Fsp3) is 0.786.